The van der Waals surface area contributed by atoms with E-state index >= 15 is 0 Å². The van der Waals surface area contributed by atoms with E-state index in [-0.39, 0.29) is 18.1 Å². The van der Waals surface area contributed by atoms with E-state index in [1.165, 1.54) is 58.0 Å². The summed E-state index contributed by atoms with van der Waals surface area (Å²) in [5, 5.41) is 2.98. The largest absolute Gasteiger partial charge is 0.352 e. The average Bonchev–Trinajstić information content (AvgIpc) is 2.86. The number of rotatable bonds is 11. The number of benzene rings is 2. The third-order valence-corrected chi connectivity index (χ3v) is 8.34. The molecule has 2 aromatic carbocycles. The second-order valence-electron chi connectivity index (χ2n) is 9.15. The molecule has 0 radical (unpaired) electrons. The van der Waals surface area contributed by atoms with Crippen molar-refractivity contribution in [2.75, 3.05) is 38.0 Å². The van der Waals surface area contributed by atoms with Gasteiger partial charge in [0.15, 0.2) is 0 Å². The molecule has 2 aromatic rings. The second-order valence-corrected chi connectivity index (χ2v) is 11.2. The molecule has 0 spiro atoms. The van der Waals surface area contributed by atoms with Gasteiger partial charge < -0.3 is 10.2 Å². The zero-order chi connectivity index (χ0) is 25.4. The predicted molar refractivity (Wildman–Crippen MR) is 138 cm³/mol. The van der Waals surface area contributed by atoms with E-state index in [9.17, 15) is 17.6 Å². The fourth-order valence-corrected chi connectivity index (χ4v) is 5.58. The van der Waals surface area contributed by atoms with E-state index in [0.717, 1.165) is 28.1 Å². The number of carbonyl (C=O) groups excluding carboxylic acids is 1. The third kappa shape index (κ3) is 7.02. The van der Waals surface area contributed by atoms with Crippen molar-refractivity contribution >= 4 is 21.8 Å². The first-order chi connectivity index (χ1) is 16.7. The molecule has 1 saturated heterocycles. The first-order valence-corrected chi connectivity index (χ1v) is 13.7. The van der Waals surface area contributed by atoms with Crippen LogP contribution >= 0.6 is 0 Å². The maximum Gasteiger partial charge on any atom is 0.303 e. The molecular formula is C26H37FN4O3S. The maximum absolute atomic E-state index is 14.4. The topological polar surface area (TPSA) is 73.0 Å². The minimum Gasteiger partial charge on any atom is -0.352 e. The van der Waals surface area contributed by atoms with Crippen LogP contribution in [0.4, 0.5) is 10.1 Å². The Balaban J connectivity index is 1.59. The number of amides is 1. The number of carbonyl (C=O) groups is 1. The van der Waals surface area contributed by atoms with Crippen molar-refractivity contribution < 1.29 is 17.6 Å². The molecular weight excluding hydrogens is 467 g/mol. The van der Waals surface area contributed by atoms with Gasteiger partial charge in [-0.3, -0.25) is 9.10 Å². The number of hydrogen-bond donors (Lipinski definition) is 1. The van der Waals surface area contributed by atoms with Gasteiger partial charge in [0.1, 0.15) is 5.82 Å². The Labute approximate surface area is 209 Å². The highest BCUT2D eigenvalue weighted by atomic mass is 32.2. The minimum atomic E-state index is -3.93. The first kappa shape index (κ1) is 27.1. The van der Waals surface area contributed by atoms with Crippen molar-refractivity contribution in [3.63, 3.8) is 0 Å². The minimum absolute atomic E-state index is 0.0259. The molecule has 0 bridgehead atoms. The number of nitrogens with zero attached hydrogens (tertiary/aromatic N) is 3. The van der Waals surface area contributed by atoms with Crippen molar-refractivity contribution in [2.24, 2.45) is 0 Å². The summed E-state index contributed by atoms with van der Waals surface area (Å²) in [6.45, 7) is 4.92. The number of para-hydroxylation sites is 1. The molecule has 1 atom stereocenters. The van der Waals surface area contributed by atoms with Crippen LogP contribution < -0.4 is 9.62 Å². The lowest BCUT2D eigenvalue weighted by Crippen LogP contribution is -2.40. The lowest BCUT2D eigenvalue weighted by atomic mass is 10.00. The van der Waals surface area contributed by atoms with Crippen LogP contribution in [-0.4, -0.2) is 63.3 Å². The summed E-state index contributed by atoms with van der Waals surface area (Å²) < 4.78 is 42.3. The molecule has 9 heteroatoms. The molecule has 1 aliphatic heterocycles. The summed E-state index contributed by atoms with van der Waals surface area (Å²) in [6, 6.07) is 13.2. The SMILES string of the molecule is CCC1CCCCN1CCCNC(=O)c1ccc(CN(c2ccccc2F)S(=O)(=O)N(C)C)cc1. The van der Waals surface area contributed by atoms with Crippen molar-refractivity contribution in [2.45, 2.75) is 51.6 Å². The van der Waals surface area contributed by atoms with E-state index in [1.807, 2.05) is 0 Å². The number of hydrogen-bond acceptors (Lipinski definition) is 4. The molecule has 0 saturated carbocycles. The highest BCUT2D eigenvalue weighted by Crippen LogP contribution is 2.25. The molecule has 7 nitrogen and oxygen atoms in total. The maximum atomic E-state index is 14.4. The Bertz CT molecular complexity index is 1080. The summed E-state index contributed by atoms with van der Waals surface area (Å²) in [6.07, 6.45) is 5.89. The zero-order valence-corrected chi connectivity index (χ0v) is 21.7. The van der Waals surface area contributed by atoms with Gasteiger partial charge in [-0.25, -0.2) is 4.39 Å². The van der Waals surface area contributed by atoms with Crippen LogP contribution in [0.15, 0.2) is 48.5 Å². The van der Waals surface area contributed by atoms with Crippen molar-refractivity contribution in [3.05, 3.63) is 65.5 Å². The molecule has 1 aliphatic rings. The van der Waals surface area contributed by atoms with Gasteiger partial charge in [-0.05, 0) is 62.1 Å². The standard InChI is InChI=1S/C26H37FN4O3S/c1-4-23-10-7-8-18-30(23)19-9-17-28-26(32)22-15-13-21(14-16-22)20-31(35(33,34)29(2)3)25-12-6-5-11-24(25)27/h5-6,11-16,23H,4,7-10,17-20H2,1-3H3,(H,28,32). The van der Waals surface area contributed by atoms with E-state index in [4.69, 9.17) is 0 Å². The number of halogens is 1. The number of piperidine rings is 1. The van der Waals surface area contributed by atoms with E-state index < -0.39 is 16.0 Å². The molecule has 1 N–H and O–H groups in total. The molecule has 1 heterocycles. The lowest BCUT2D eigenvalue weighted by molar-refractivity contribution is 0.0947. The van der Waals surface area contributed by atoms with Crippen LogP contribution in [0.2, 0.25) is 0 Å². The highest BCUT2D eigenvalue weighted by Gasteiger charge is 2.27. The monoisotopic (exact) mass is 504 g/mol. The van der Waals surface area contributed by atoms with Gasteiger partial charge in [-0.1, -0.05) is 37.6 Å². The third-order valence-electron chi connectivity index (χ3n) is 6.53. The Morgan fingerprint density at radius 3 is 2.49 bits per heavy atom. The van der Waals surface area contributed by atoms with Crippen molar-refractivity contribution in [1.82, 2.24) is 14.5 Å². The van der Waals surface area contributed by atoms with Gasteiger partial charge in [0, 0.05) is 38.8 Å². The molecule has 0 aliphatic carbocycles. The van der Waals surface area contributed by atoms with E-state index in [0.29, 0.717) is 23.7 Å². The lowest BCUT2D eigenvalue weighted by Gasteiger charge is -2.35. The average molecular weight is 505 g/mol. The van der Waals surface area contributed by atoms with Crippen LogP contribution in [0.3, 0.4) is 0 Å². The van der Waals surface area contributed by atoms with Gasteiger partial charge in [-0.2, -0.15) is 12.7 Å². The van der Waals surface area contributed by atoms with Gasteiger partial charge in [0.2, 0.25) is 0 Å². The Kier molecular flexibility index (Phi) is 9.65. The number of likely N-dealkylation sites (tertiary alicyclic amines) is 1. The van der Waals surface area contributed by atoms with Gasteiger partial charge in [-0.15, -0.1) is 0 Å². The summed E-state index contributed by atoms with van der Waals surface area (Å²) in [5.41, 5.74) is 1.12. The molecule has 1 fully saturated rings. The Hall–Kier alpha value is -2.49. The molecule has 1 amide bonds. The smallest absolute Gasteiger partial charge is 0.303 e. The second kappa shape index (κ2) is 12.5. The quantitative estimate of drug-likeness (QED) is 0.469. The van der Waals surface area contributed by atoms with Gasteiger partial charge in [0.05, 0.1) is 12.2 Å². The predicted octanol–water partition coefficient (Wildman–Crippen LogP) is 4.02. The zero-order valence-electron chi connectivity index (χ0n) is 20.9. The van der Waals surface area contributed by atoms with E-state index in [1.54, 1.807) is 30.3 Å². The highest BCUT2D eigenvalue weighted by molar-refractivity contribution is 7.90. The van der Waals surface area contributed by atoms with Crippen molar-refractivity contribution in [1.29, 1.82) is 0 Å². The molecule has 1 unspecified atom stereocenters. The molecule has 0 aromatic heterocycles. The summed E-state index contributed by atoms with van der Waals surface area (Å²) in [5.74, 6) is -0.780. The van der Waals surface area contributed by atoms with Crippen LogP contribution in [0, 0.1) is 5.82 Å². The van der Waals surface area contributed by atoms with Gasteiger partial charge >= 0.3 is 10.2 Å². The van der Waals surface area contributed by atoms with Crippen LogP contribution in [0.25, 0.3) is 0 Å². The summed E-state index contributed by atoms with van der Waals surface area (Å²) in [4.78, 5) is 15.1. The fraction of sp³-hybridized carbons (Fsp3) is 0.500. The van der Waals surface area contributed by atoms with Crippen molar-refractivity contribution in [3.8, 4) is 0 Å². The van der Waals surface area contributed by atoms with E-state index in [2.05, 4.69) is 17.1 Å². The summed E-state index contributed by atoms with van der Waals surface area (Å²) in [7, 11) is -1.11. The summed E-state index contributed by atoms with van der Waals surface area (Å²) >= 11 is 0. The fourth-order valence-electron chi connectivity index (χ4n) is 4.47. The van der Waals surface area contributed by atoms with Crippen LogP contribution in [-0.2, 0) is 16.8 Å². The Morgan fingerprint density at radius 2 is 1.83 bits per heavy atom. The van der Waals surface area contributed by atoms with Crippen LogP contribution in [0.1, 0.15) is 54.9 Å². The number of anilines is 1. The molecule has 3 rings (SSSR count). The molecule has 192 valence electrons. The van der Waals surface area contributed by atoms with Crippen LogP contribution in [0.5, 0.6) is 0 Å². The Morgan fingerprint density at radius 1 is 1.11 bits per heavy atom. The normalized spacial score (nSPS) is 16.9. The number of nitrogens with one attached hydrogen (secondary N) is 1. The van der Waals surface area contributed by atoms with Gasteiger partial charge in [0.25, 0.3) is 5.91 Å². The molecule has 35 heavy (non-hydrogen) atoms. The first-order valence-electron chi connectivity index (χ1n) is 12.3.